The van der Waals surface area contributed by atoms with E-state index in [4.69, 9.17) is 0 Å². The summed E-state index contributed by atoms with van der Waals surface area (Å²) >= 11 is 0. The molecule has 0 bridgehead atoms. The van der Waals surface area contributed by atoms with Crippen molar-refractivity contribution in [1.29, 1.82) is 0 Å². The van der Waals surface area contributed by atoms with Crippen LogP contribution in [0.2, 0.25) is 0 Å². The third-order valence-corrected chi connectivity index (χ3v) is 2.87. The Morgan fingerprint density at radius 3 is 2.83 bits per heavy atom. The molecule has 1 heterocycles. The second-order valence-corrected chi connectivity index (χ2v) is 5.23. The summed E-state index contributed by atoms with van der Waals surface area (Å²) in [5.74, 6) is 0. The third-order valence-electron chi connectivity index (χ3n) is 2.87. The fourth-order valence-corrected chi connectivity index (χ4v) is 1.61. The lowest BCUT2D eigenvalue weighted by molar-refractivity contribution is 0.171. The van der Waals surface area contributed by atoms with Gasteiger partial charge in [0.25, 0.3) is 0 Å². The Hall–Kier alpha value is -1.81. The quantitative estimate of drug-likeness (QED) is 0.758. The molecule has 0 aliphatic rings. The Bertz CT molecular complexity index is 492. The molecule has 0 saturated carbocycles. The molecule has 2 rings (SSSR count). The van der Waals surface area contributed by atoms with Crippen LogP contribution in [-0.2, 0) is 0 Å². The van der Waals surface area contributed by atoms with Crippen molar-refractivity contribution in [3.8, 4) is 11.3 Å². The fraction of sp³-hybridized carbons (Fsp3) is 0.357. The van der Waals surface area contributed by atoms with Crippen molar-refractivity contribution in [1.82, 2.24) is 10.2 Å². The molecule has 18 heavy (non-hydrogen) atoms. The summed E-state index contributed by atoms with van der Waals surface area (Å²) in [5.41, 5.74) is 3.02. The molecule has 3 N–H and O–H groups in total. The number of hydrogen-bond acceptors (Lipinski definition) is 3. The number of anilines is 1. The van der Waals surface area contributed by atoms with Crippen LogP contribution in [0.5, 0.6) is 0 Å². The molecule has 0 aliphatic carbocycles. The molecule has 0 atom stereocenters. The number of hydrogen-bond donors (Lipinski definition) is 3. The van der Waals surface area contributed by atoms with E-state index in [1.165, 1.54) is 0 Å². The molecular formula is C14H19N3O. The standard InChI is InChI=1S/C14H19N3O/c1-14(2,10-18)9-15-12-5-3-4-11(8-12)13-6-7-16-17-13/h3-8,15,18H,9-10H2,1-2H3,(H,16,17). The molecule has 1 aromatic carbocycles. The second kappa shape index (κ2) is 5.23. The number of aliphatic hydroxyl groups excluding tert-OH is 1. The van der Waals surface area contributed by atoms with E-state index in [1.807, 2.05) is 38.1 Å². The maximum absolute atomic E-state index is 9.22. The number of nitrogens with zero attached hydrogens (tertiary/aromatic N) is 1. The van der Waals surface area contributed by atoms with Crippen LogP contribution in [0.1, 0.15) is 13.8 Å². The van der Waals surface area contributed by atoms with Crippen LogP contribution in [-0.4, -0.2) is 28.5 Å². The topological polar surface area (TPSA) is 60.9 Å². The van der Waals surface area contributed by atoms with E-state index in [2.05, 4.69) is 21.6 Å². The first-order valence-corrected chi connectivity index (χ1v) is 6.05. The number of H-pyrrole nitrogens is 1. The highest BCUT2D eigenvalue weighted by atomic mass is 16.3. The van der Waals surface area contributed by atoms with E-state index in [1.54, 1.807) is 6.20 Å². The van der Waals surface area contributed by atoms with Gasteiger partial charge in [0.15, 0.2) is 0 Å². The normalized spacial score (nSPS) is 11.5. The predicted molar refractivity (Wildman–Crippen MR) is 73.4 cm³/mol. The van der Waals surface area contributed by atoms with Crippen LogP contribution in [0.15, 0.2) is 36.5 Å². The van der Waals surface area contributed by atoms with E-state index in [9.17, 15) is 5.11 Å². The first-order chi connectivity index (χ1) is 8.61. The molecule has 4 nitrogen and oxygen atoms in total. The average Bonchev–Trinajstić information content (AvgIpc) is 2.91. The molecule has 96 valence electrons. The Balaban J connectivity index is 2.09. The minimum absolute atomic E-state index is 0.121. The average molecular weight is 245 g/mol. The number of aromatic nitrogens is 2. The number of rotatable bonds is 5. The van der Waals surface area contributed by atoms with E-state index in [-0.39, 0.29) is 12.0 Å². The molecule has 0 radical (unpaired) electrons. The van der Waals surface area contributed by atoms with Crippen molar-refractivity contribution in [3.05, 3.63) is 36.5 Å². The lowest BCUT2D eigenvalue weighted by atomic mass is 9.95. The van der Waals surface area contributed by atoms with Crippen molar-refractivity contribution in [3.63, 3.8) is 0 Å². The van der Waals surface area contributed by atoms with Gasteiger partial charge in [0, 0.05) is 36.0 Å². The number of aromatic amines is 1. The Morgan fingerprint density at radius 2 is 2.17 bits per heavy atom. The highest BCUT2D eigenvalue weighted by Gasteiger charge is 2.15. The molecule has 0 spiro atoms. The van der Waals surface area contributed by atoms with Gasteiger partial charge in [-0.3, -0.25) is 5.10 Å². The highest BCUT2D eigenvalue weighted by Crippen LogP contribution is 2.21. The van der Waals surface area contributed by atoms with E-state index < -0.39 is 0 Å². The van der Waals surface area contributed by atoms with Crippen LogP contribution in [0.3, 0.4) is 0 Å². The molecule has 1 aromatic heterocycles. The summed E-state index contributed by atoms with van der Waals surface area (Å²) in [6, 6.07) is 10.1. The number of benzene rings is 1. The summed E-state index contributed by atoms with van der Waals surface area (Å²) in [5, 5.41) is 19.5. The zero-order chi connectivity index (χ0) is 13.0. The summed E-state index contributed by atoms with van der Waals surface area (Å²) in [4.78, 5) is 0. The fourth-order valence-electron chi connectivity index (χ4n) is 1.61. The monoisotopic (exact) mass is 245 g/mol. The van der Waals surface area contributed by atoms with Gasteiger partial charge in [-0.25, -0.2) is 0 Å². The molecule has 0 fully saturated rings. The molecule has 0 amide bonds. The summed E-state index contributed by atoms with van der Waals surface area (Å²) in [6.07, 6.45) is 1.74. The van der Waals surface area contributed by atoms with Crippen LogP contribution in [0.25, 0.3) is 11.3 Å². The van der Waals surface area contributed by atoms with Gasteiger partial charge in [-0.05, 0) is 18.2 Å². The zero-order valence-electron chi connectivity index (χ0n) is 10.8. The largest absolute Gasteiger partial charge is 0.396 e. The van der Waals surface area contributed by atoms with E-state index in [0.717, 1.165) is 23.5 Å². The summed E-state index contributed by atoms with van der Waals surface area (Å²) in [6.45, 7) is 4.95. The van der Waals surface area contributed by atoms with Gasteiger partial charge in [-0.1, -0.05) is 26.0 Å². The first kappa shape index (κ1) is 12.6. The predicted octanol–water partition coefficient (Wildman–Crippen LogP) is 2.51. The number of aliphatic hydroxyl groups is 1. The van der Waals surface area contributed by atoms with Crippen molar-refractivity contribution >= 4 is 5.69 Å². The SMILES string of the molecule is CC(C)(CO)CNc1cccc(-c2ccn[nH]2)c1. The summed E-state index contributed by atoms with van der Waals surface area (Å²) in [7, 11) is 0. The summed E-state index contributed by atoms with van der Waals surface area (Å²) < 4.78 is 0. The van der Waals surface area contributed by atoms with Gasteiger partial charge >= 0.3 is 0 Å². The Kier molecular flexibility index (Phi) is 3.67. The maximum Gasteiger partial charge on any atom is 0.0650 e. The van der Waals surface area contributed by atoms with E-state index >= 15 is 0 Å². The van der Waals surface area contributed by atoms with Crippen LogP contribution in [0.4, 0.5) is 5.69 Å². The lowest BCUT2D eigenvalue weighted by Crippen LogP contribution is -2.26. The molecule has 0 aliphatic heterocycles. The first-order valence-electron chi connectivity index (χ1n) is 6.05. The van der Waals surface area contributed by atoms with Crippen molar-refractivity contribution in [2.24, 2.45) is 5.41 Å². The smallest absolute Gasteiger partial charge is 0.0650 e. The Labute approximate surface area is 107 Å². The lowest BCUT2D eigenvalue weighted by Gasteiger charge is -2.22. The van der Waals surface area contributed by atoms with Gasteiger partial charge in [0.2, 0.25) is 0 Å². The molecule has 4 heteroatoms. The van der Waals surface area contributed by atoms with Crippen LogP contribution in [0, 0.1) is 5.41 Å². The third kappa shape index (κ3) is 3.11. The van der Waals surface area contributed by atoms with E-state index in [0.29, 0.717) is 0 Å². The molecule has 0 unspecified atom stereocenters. The van der Waals surface area contributed by atoms with Crippen molar-refractivity contribution < 1.29 is 5.11 Å². The van der Waals surface area contributed by atoms with Crippen LogP contribution >= 0.6 is 0 Å². The van der Waals surface area contributed by atoms with Gasteiger partial charge in [0.05, 0.1) is 5.69 Å². The van der Waals surface area contributed by atoms with Gasteiger partial charge < -0.3 is 10.4 Å². The van der Waals surface area contributed by atoms with Gasteiger partial charge in [-0.2, -0.15) is 5.10 Å². The molecule has 2 aromatic rings. The van der Waals surface area contributed by atoms with Crippen molar-refractivity contribution in [2.75, 3.05) is 18.5 Å². The highest BCUT2D eigenvalue weighted by molar-refractivity contribution is 5.64. The zero-order valence-corrected chi connectivity index (χ0v) is 10.8. The second-order valence-electron chi connectivity index (χ2n) is 5.23. The number of nitrogens with one attached hydrogen (secondary N) is 2. The van der Waals surface area contributed by atoms with Gasteiger partial charge in [-0.15, -0.1) is 0 Å². The maximum atomic E-state index is 9.22. The minimum atomic E-state index is -0.121. The minimum Gasteiger partial charge on any atom is -0.396 e. The van der Waals surface area contributed by atoms with Gasteiger partial charge in [0.1, 0.15) is 0 Å². The van der Waals surface area contributed by atoms with Crippen molar-refractivity contribution in [2.45, 2.75) is 13.8 Å². The molecule has 0 saturated heterocycles. The Morgan fingerprint density at radius 1 is 1.33 bits per heavy atom. The molecular weight excluding hydrogens is 226 g/mol. The van der Waals surface area contributed by atoms with Crippen LogP contribution < -0.4 is 5.32 Å².